The van der Waals surface area contributed by atoms with Crippen LogP contribution >= 0.6 is 0 Å². The van der Waals surface area contributed by atoms with E-state index in [9.17, 15) is 10.1 Å². The molecule has 0 amide bonds. The molecule has 0 unspecified atom stereocenters. The highest BCUT2D eigenvalue weighted by Crippen LogP contribution is 2.25. The molecule has 0 bridgehead atoms. The van der Waals surface area contributed by atoms with Crippen LogP contribution in [0.4, 0.5) is 11.4 Å². The first-order valence-corrected chi connectivity index (χ1v) is 5.56. The van der Waals surface area contributed by atoms with Gasteiger partial charge in [-0.1, -0.05) is 0 Å². The van der Waals surface area contributed by atoms with Crippen LogP contribution in [0, 0.1) is 10.1 Å². The third-order valence-electron chi connectivity index (χ3n) is 2.68. The number of aromatic nitrogens is 3. The maximum atomic E-state index is 10.9. The molecule has 0 spiro atoms. The van der Waals surface area contributed by atoms with E-state index in [2.05, 4.69) is 15.4 Å². The number of aryl methyl sites for hydroxylation is 1. The summed E-state index contributed by atoms with van der Waals surface area (Å²) in [6, 6.07) is 4.44. The average molecular weight is 263 g/mol. The second kappa shape index (κ2) is 5.44. The van der Waals surface area contributed by atoms with Gasteiger partial charge in [-0.3, -0.25) is 14.8 Å². The normalized spacial score (nSPS) is 10.4. The van der Waals surface area contributed by atoms with Gasteiger partial charge in [0.1, 0.15) is 17.8 Å². The number of nitrogens with one attached hydrogen (secondary N) is 1. The van der Waals surface area contributed by atoms with E-state index < -0.39 is 4.92 Å². The van der Waals surface area contributed by atoms with Gasteiger partial charge in [0, 0.05) is 13.1 Å². The number of benzene rings is 1. The molecule has 0 radical (unpaired) electrons. The number of hydrogen-bond donors (Lipinski definition) is 2. The molecule has 0 saturated heterocycles. The summed E-state index contributed by atoms with van der Waals surface area (Å²) < 4.78 is 1.58. The topological polar surface area (TPSA) is 106 Å². The summed E-state index contributed by atoms with van der Waals surface area (Å²) in [7, 11) is 1.74. The number of nitrogens with zero attached hydrogens (tertiary/aromatic N) is 4. The van der Waals surface area contributed by atoms with Crippen molar-refractivity contribution in [3.05, 3.63) is 46.0 Å². The van der Waals surface area contributed by atoms with Gasteiger partial charge in [0.15, 0.2) is 0 Å². The Labute approximate surface area is 108 Å². The Kier molecular flexibility index (Phi) is 3.71. The minimum atomic E-state index is -0.472. The Morgan fingerprint density at radius 1 is 1.53 bits per heavy atom. The maximum absolute atomic E-state index is 10.9. The van der Waals surface area contributed by atoms with Crippen molar-refractivity contribution in [1.29, 1.82) is 0 Å². The Balaban J connectivity index is 2.22. The highest BCUT2D eigenvalue weighted by Gasteiger charge is 2.14. The second-order valence-electron chi connectivity index (χ2n) is 3.92. The first-order chi connectivity index (χ1) is 9.11. The molecular formula is C11H13N5O3. The third kappa shape index (κ3) is 2.86. The van der Waals surface area contributed by atoms with Gasteiger partial charge in [-0.25, -0.2) is 4.98 Å². The average Bonchev–Trinajstić information content (AvgIpc) is 2.81. The van der Waals surface area contributed by atoms with Crippen LogP contribution in [0.15, 0.2) is 24.5 Å². The first-order valence-electron chi connectivity index (χ1n) is 5.56. The zero-order valence-electron chi connectivity index (χ0n) is 10.3. The summed E-state index contributed by atoms with van der Waals surface area (Å²) in [5, 5.41) is 26.8. The lowest BCUT2D eigenvalue weighted by Gasteiger charge is -2.08. The number of rotatable bonds is 5. The molecule has 1 aromatic heterocycles. The van der Waals surface area contributed by atoms with E-state index in [1.807, 2.05) is 0 Å². The number of nitro benzene ring substituents is 1. The lowest BCUT2D eigenvalue weighted by atomic mass is 10.2. The minimum absolute atomic E-state index is 0.0423. The summed E-state index contributed by atoms with van der Waals surface area (Å²) in [5.41, 5.74) is 0.907. The van der Waals surface area contributed by atoms with Crippen molar-refractivity contribution < 1.29 is 10.0 Å². The van der Waals surface area contributed by atoms with Gasteiger partial charge >= 0.3 is 0 Å². The molecule has 8 nitrogen and oxygen atoms in total. The Morgan fingerprint density at radius 2 is 2.32 bits per heavy atom. The molecule has 0 saturated carbocycles. The van der Waals surface area contributed by atoms with Gasteiger partial charge in [-0.05, 0) is 17.7 Å². The van der Waals surface area contributed by atoms with Crippen LogP contribution in [0.5, 0.6) is 0 Å². The summed E-state index contributed by atoms with van der Waals surface area (Å²) in [6.07, 6.45) is 1.41. The van der Waals surface area contributed by atoms with Crippen molar-refractivity contribution in [2.75, 3.05) is 5.32 Å². The molecule has 2 aromatic rings. The molecule has 0 aliphatic rings. The van der Waals surface area contributed by atoms with Gasteiger partial charge in [-0.2, -0.15) is 5.10 Å². The van der Waals surface area contributed by atoms with Crippen LogP contribution in [-0.4, -0.2) is 24.8 Å². The van der Waals surface area contributed by atoms with Crippen LogP contribution in [0.25, 0.3) is 0 Å². The zero-order valence-corrected chi connectivity index (χ0v) is 10.3. The number of anilines is 1. The summed E-state index contributed by atoms with van der Waals surface area (Å²) in [6.45, 7) is 0.142. The third-order valence-corrected chi connectivity index (χ3v) is 2.68. The number of aliphatic hydroxyl groups excluding tert-OH is 1. The molecular weight excluding hydrogens is 250 g/mol. The van der Waals surface area contributed by atoms with E-state index >= 15 is 0 Å². The number of aliphatic hydroxyl groups is 1. The quantitative estimate of drug-likeness (QED) is 0.611. The standard InChI is InChI=1S/C11H13N5O3/c1-15-11(13-7-14-15)5-12-9-4-8(6-17)2-3-10(9)16(18)19/h2-4,7,12,17H,5-6H2,1H3. The van der Waals surface area contributed by atoms with Crippen LogP contribution in [0.3, 0.4) is 0 Å². The van der Waals surface area contributed by atoms with Crippen molar-refractivity contribution >= 4 is 11.4 Å². The SMILES string of the molecule is Cn1ncnc1CNc1cc(CO)ccc1[N+](=O)[O-]. The maximum Gasteiger partial charge on any atom is 0.292 e. The molecule has 0 atom stereocenters. The van der Waals surface area contributed by atoms with Gasteiger partial charge in [0.05, 0.1) is 18.1 Å². The van der Waals surface area contributed by atoms with Crippen LogP contribution in [0.2, 0.25) is 0 Å². The number of hydrogen-bond acceptors (Lipinski definition) is 6. The molecule has 1 heterocycles. The van der Waals surface area contributed by atoms with Crippen molar-refractivity contribution in [1.82, 2.24) is 14.8 Å². The van der Waals surface area contributed by atoms with E-state index in [0.29, 0.717) is 23.6 Å². The molecule has 100 valence electrons. The molecule has 2 rings (SSSR count). The molecule has 0 fully saturated rings. The van der Waals surface area contributed by atoms with Gasteiger partial charge in [-0.15, -0.1) is 0 Å². The fraction of sp³-hybridized carbons (Fsp3) is 0.273. The van der Waals surface area contributed by atoms with Crippen LogP contribution in [-0.2, 0) is 20.2 Å². The number of nitro groups is 1. The smallest absolute Gasteiger partial charge is 0.292 e. The first kappa shape index (κ1) is 13.0. The van der Waals surface area contributed by atoms with Crippen molar-refractivity contribution in [2.45, 2.75) is 13.2 Å². The second-order valence-corrected chi connectivity index (χ2v) is 3.92. The van der Waals surface area contributed by atoms with E-state index in [1.165, 1.54) is 18.5 Å². The Morgan fingerprint density at radius 3 is 2.89 bits per heavy atom. The largest absolute Gasteiger partial charge is 0.392 e. The molecule has 0 aliphatic heterocycles. The highest BCUT2D eigenvalue weighted by molar-refractivity contribution is 5.62. The van der Waals surface area contributed by atoms with Gasteiger partial charge in [0.2, 0.25) is 0 Å². The lowest BCUT2D eigenvalue weighted by molar-refractivity contribution is -0.384. The molecule has 1 aromatic carbocycles. The monoisotopic (exact) mass is 263 g/mol. The Bertz CT molecular complexity index is 596. The predicted octanol–water partition coefficient (Wildman–Crippen LogP) is 0.828. The van der Waals surface area contributed by atoms with Crippen molar-refractivity contribution in [3.8, 4) is 0 Å². The summed E-state index contributed by atoms with van der Waals surface area (Å²) in [5.74, 6) is 0.656. The van der Waals surface area contributed by atoms with E-state index in [4.69, 9.17) is 5.11 Å². The van der Waals surface area contributed by atoms with E-state index in [1.54, 1.807) is 17.8 Å². The fourth-order valence-corrected chi connectivity index (χ4v) is 1.64. The molecule has 2 N–H and O–H groups in total. The zero-order chi connectivity index (χ0) is 13.8. The molecule has 8 heteroatoms. The van der Waals surface area contributed by atoms with Crippen LogP contribution < -0.4 is 5.32 Å². The fourth-order valence-electron chi connectivity index (χ4n) is 1.64. The minimum Gasteiger partial charge on any atom is -0.392 e. The highest BCUT2D eigenvalue weighted by atomic mass is 16.6. The Hall–Kier alpha value is -2.48. The van der Waals surface area contributed by atoms with E-state index in [0.717, 1.165) is 0 Å². The van der Waals surface area contributed by atoms with Crippen molar-refractivity contribution in [3.63, 3.8) is 0 Å². The predicted molar refractivity (Wildman–Crippen MR) is 67.3 cm³/mol. The van der Waals surface area contributed by atoms with E-state index in [-0.39, 0.29) is 12.3 Å². The van der Waals surface area contributed by atoms with Gasteiger partial charge in [0.25, 0.3) is 5.69 Å². The molecule has 0 aliphatic carbocycles. The summed E-state index contributed by atoms with van der Waals surface area (Å²) >= 11 is 0. The summed E-state index contributed by atoms with van der Waals surface area (Å²) in [4.78, 5) is 14.5. The van der Waals surface area contributed by atoms with Crippen molar-refractivity contribution in [2.24, 2.45) is 7.05 Å². The molecule has 19 heavy (non-hydrogen) atoms. The van der Waals surface area contributed by atoms with Crippen LogP contribution in [0.1, 0.15) is 11.4 Å². The lowest BCUT2D eigenvalue weighted by Crippen LogP contribution is -2.08. The van der Waals surface area contributed by atoms with Gasteiger partial charge < -0.3 is 10.4 Å².